The predicted octanol–water partition coefficient (Wildman–Crippen LogP) is 2.68. The van der Waals surface area contributed by atoms with Gasteiger partial charge in [0.05, 0.1) is 18.9 Å². The molecule has 1 aliphatic carbocycles. The number of sulfonamides is 1. The zero-order valence-corrected chi connectivity index (χ0v) is 20.1. The van der Waals surface area contributed by atoms with Crippen molar-refractivity contribution >= 4 is 27.5 Å². The van der Waals surface area contributed by atoms with Crippen molar-refractivity contribution in [2.45, 2.75) is 70.9 Å². The van der Waals surface area contributed by atoms with Crippen LogP contribution in [0.3, 0.4) is 0 Å². The second-order valence-electron chi connectivity index (χ2n) is 8.82. The smallest absolute Gasteiger partial charge is 0.247 e. The van der Waals surface area contributed by atoms with Crippen LogP contribution in [0.1, 0.15) is 59.3 Å². The molecule has 0 unspecified atom stereocenters. The summed E-state index contributed by atoms with van der Waals surface area (Å²) in [4.78, 5) is 28.3. The highest BCUT2D eigenvalue weighted by molar-refractivity contribution is 7.89. The van der Waals surface area contributed by atoms with Crippen LogP contribution in [0.15, 0.2) is 24.3 Å². The lowest BCUT2D eigenvalue weighted by molar-refractivity contribution is -0.133. The summed E-state index contributed by atoms with van der Waals surface area (Å²) >= 11 is 0. The van der Waals surface area contributed by atoms with E-state index >= 15 is 0 Å². The molecule has 9 heteroatoms. The molecule has 0 aromatic heterocycles. The van der Waals surface area contributed by atoms with E-state index in [1.54, 1.807) is 38.1 Å². The molecule has 8 nitrogen and oxygen atoms in total. The Morgan fingerprint density at radius 2 is 1.81 bits per heavy atom. The van der Waals surface area contributed by atoms with Gasteiger partial charge in [-0.3, -0.25) is 14.5 Å². The lowest BCUT2D eigenvalue weighted by Crippen LogP contribution is -2.71. The second kappa shape index (κ2) is 10.2. The van der Waals surface area contributed by atoms with Gasteiger partial charge in [-0.25, -0.2) is 8.42 Å². The molecule has 1 aromatic rings. The van der Waals surface area contributed by atoms with Gasteiger partial charge in [-0.2, -0.15) is 4.31 Å². The third-order valence-corrected chi connectivity index (χ3v) is 8.20. The Hall–Kier alpha value is -2.13. The van der Waals surface area contributed by atoms with E-state index in [1.807, 2.05) is 6.92 Å². The first-order chi connectivity index (χ1) is 15.2. The molecule has 3 rings (SSSR count). The van der Waals surface area contributed by atoms with Crippen LogP contribution in [-0.4, -0.2) is 61.6 Å². The van der Waals surface area contributed by atoms with Crippen molar-refractivity contribution < 1.29 is 22.7 Å². The number of rotatable bonds is 8. The standard InChI is InChI=1S/C23H35N3O5S/c1-4-15-32(29,30)25-16-21(27)26(19-11-13-20(14-12-19)31-5-2)23(3,17-25)22(28)24-18-9-7-6-8-10-18/h11-14,18H,4-10,15-17H2,1-3H3,(H,24,28)/t23-/m0/s1. The van der Waals surface area contributed by atoms with Crippen LogP contribution in [-0.2, 0) is 19.6 Å². The predicted molar refractivity (Wildman–Crippen MR) is 124 cm³/mol. The number of carbonyl (C=O) groups is 2. The van der Waals surface area contributed by atoms with E-state index in [-0.39, 0.29) is 30.8 Å². The van der Waals surface area contributed by atoms with E-state index < -0.39 is 21.5 Å². The fourth-order valence-electron chi connectivity index (χ4n) is 4.60. The zero-order chi connectivity index (χ0) is 23.4. The van der Waals surface area contributed by atoms with Gasteiger partial charge >= 0.3 is 0 Å². The molecule has 0 spiro atoms. The number of anilines is 1. The number of nitrogens with zero attached hydrogens (tertiary/aromatic N) is 2. The van der Waals surface area contributed by atoms with Gasteiger partial charge in [-0.05, 0) is 57.4 Å². The number of hydrogen-bond donors (Lipinski definition) is 1. The summed E-state index contributed by atoms with van der Waals surface area (Å²) in [6.07, 6.45) is 5.51. The Morgan fingerprint density at radius 3 is 2.41 bits per heavy atom. The van der Waals surface area contributed by atoms with E-state index in [9.17, 15) is 18.0 Å². The Balaban J connectivity index is 1.95. The number of carbonyl (C=O) groups excluding carboxylic acids is 2. The van der Waals surface area contributed by atoms with E-state index in [4.69, 9.17) is 4.74 Å². The highest BCUT2D eigenvalue weighted by Gasteiger charge is 2.51. The Morgan fingerprint density at radius 1 is 1.16 bits per heavy atom. The Bertz CT molecular complexity index is 912. The molecular weight excluding hydrogens is 430 g/mol. The average molecular weight is 466 g/mol. The fourth-order valence-corrected chi connectivity index (χ4v) is 6.13. The average Bonchev–Trinajstić information content (AvgIpc) is 2.75. The zero-order valence-electron chi connectivity index (χ0n) is 19.3. The van der Waals surface area contributed by atoms with Crippen molar-refractivity contribution in [2.24, 2.45) is 0 Å². The Labute approximate surface area is 191 Å². The van der Waals surface area contributed by atoms with Crippen molar-refractivity contribution in [1.82, 2.24) is 9.62 Å². The van der Waals surface area contributed by atoms with Crippen LogP contribution in [0.5, 0.6) is 5.75 Å². The minimum absolute atomic E-state index is 0.0491. The summed E-state index contributed by atoms with van der Waals surface area (Å²) in [5.41, 5.74) is -0.812. The van der Waals surface area contributed by atoms with Gasteiger partial charge in [0, 0.05) is 18.3 Å². The molecule has 1 atom stereocenters. The van der Waals surface area contributed by atoms with Gasteiger partial charge in [-0.15, -0.1) is 0 Å². The summed E-state index contributed by atoms with van der Waals surface area (Å²) in [6.45, 7) is 5.50. The monoisotopic (exact) mass is 465 g/mol. The number of ether oxygens (including phenoxy) is 1. The number of hydrogen-bond acceptors (Lipinski definition) is 5. The third kappa shape index (κ3) is 5.26. The van der Waals surface area contributed by atoms with Gasteiger partial charge in [-0.1, -0.05) is 26.2 Å². The maximum Gasteiger partial charge on any atom is 0.247 e. The molecule has 32 heavy (non-hydrogen) atoms. The number of nitrogens with one attached hydrogen (secondary N) is 1. The maximum absolute atomic E-state index is 13.6. The molecule has 178 valence electrons. The van der Waals surface area contributed by atoms with E-state index in [0.29, 0.717) is 24.5 Å². The summed E-state index contributed by atoms with van der Waals surface area (Å²) < 4.78 is 32.3. The van der Waals surface area contributed by atoms with Gasteiger partial charge < -0.3 is 10.1 Å². The minimum atomic E-state index is -3.64. The van der Waals surface area contributed by atoms with E-state index in [1.165, 1.54) is 9.21 Å². The maximum atomic E-state index is 13.6. The van der Waals surface area contributed by atoms with E-state index in [0.717, 1.165) is 32.1 Å². The summed E-state index contributed by atoms with van der Waals surface area (Å²) in [5, 5.41) is 3.11. The molecule has 2 fully saturated rings. The highest BCUT2D eigenvalue weighted by atomic mass is 32.2. The lowest BCUT2D eigenvalue weighted by atomic mass is 9.91. The summed E-state index contributed by atoms with van der Waals surface area (Å²) in [7, 11) is -3.64. The fraction of sp³-hybridized carbons (Fsp3) is 0.652. The molecule has 1 aromatic carbocycles. The summed E-state index contributed by atoms with van der Waals surface area (Å²) in [5.74, 6) is -0.116. The minimum Gasteiger partial charge on any atom is -0.494 e. The molecule has 1 N–H and O–H groups in total. The number of benzene rings is 1. The Kier molecular flexibility index (Phi) is 7.82. The molecule has 1 saturated heterocycles. The SMILES string of the molecule is CCCS(=O)(=O)N1CC(=O)N(c2ccc(OCC)cc2)[C@](C)(C(=O)NC2CCCCC2)C1. The second-order valence-corrected chi connectivity index (χ2v) is 10.9. The van der Waals surface area contributed by atoms with Crippen molar-refractivity contribution in [3.8, 4) is 5.75 Å². The van der Waals surface area contributed by atoms with Crippen LogP contribution in [0.25, 0.3) is 0 Å². The first-order valence-electron chi connectivity index (χ1n) is 11.6. The summed E-state index contributed by atoms with van der Waals surface area (Å²) in [6, 6.07) is 7.04. The highest BCUT2D eigenvalue weighted by Crippen LogP contribution is 2.32. The quantitative estimate of drug-likeness (QED) is 0.637. The van der Waals surface area contributed by atoms with E-state index in [2.05, 4.69) is 5.32 Å². The van der Waals surface area contributed by atoms with Gasteiger partial charge in [0.2, 0.25) is 21.8 Å². The molecule has 0 bridgehead atoms. The van der Waals surface area contributed by atoms with Gasteiger partial charge in [0.25, 0.3) is 0 Å². The van der Waals surface area contributed by atoms with Crippen molar-refractivity contribution in [3.05, 3.63) is 24.3 Å². The van der Waals surface area contributed by atoms with Crippen LogP contribution in [0.2, 0.25) is 0 Å². The lowest BCUT2D eigenvalue weighted by Gasteiger charge is -2.47. The first kappa shape index (κ1) is 24.5. The van der Waals surface area contributed by atoms with Crippen molar-refractivity contribution in [2.75, 3.05) is 30.3 Å². The van der Waals surface area contributed by atoms with Crippen LogP contribution in [0, 0.1) is 0 Å². The molecule has 1 heterocycles. The van der Waals surface area contributed by atoms with Crippen LogP contribution in [0.4, 0.5) is 5.69 Å². The molecule has 2 amide bonds. The molecular formula is C23H35N3O5S. The normalized spacial score (nSPS) is 23.2. The van der Waals surface area contributed by atoms with Crippen molar-refractivity contribution in [3.63, 3.8) is 0 Å². The number of piperazine rings is 1. The number of amides is 2. The van der Waals surface area contributed by atoms with Crippen LogP contribution < -0.4 is 15.0 Å². The molecule has 1 saturated carbocycles. The third-order valence-electron chi connectivity index (χ3n) is 6.23. The first-order valence-corrected chi connectivity index (χ1v) is 13.2. The molecule has 2 aliphatic rings. The largest absolute Gasteiger partial charge is 0.494 e. The topological polar surface area (TPSA) is 96.0 Å². The van der Waals surface area contributed by atoms with Crippen molar-refractivity contribution in [1.29, 1.82) is 0 Å². The van der Waals surface area contributed by atoms with Crippen LogP contribution >= 0.6 is 0 Å². The van der Waals surface area contributed by atoms with Gasteiger partial charge in [0.15, 0.2) is 0 Å². The molecule has 0 radical (unpaired) electrons. The molecule has 1 aliphatic heterocycles. The van der Waals surface area contributed by atoms with Gasteiger partial charge in [0.1, 0.15) is 11.3 Å².